The van der Waals surface area contributed by atoms with Gasteiger partial charge in [0.05, 0.1) is 29.9 Å². The first kappa shape index (κ1) is 23.5. The maximum absolute atomic E-state index is 13.8. The molecule has 10 heteroatoms. The lowest BCUT2D eigenvalue weighted by molar-refractivity contribution is -0.115. The van der Waals surface area contributed by atoms with E-state index in [0.29, 0.717) is 12.9 Å². The van der Waals surface area contributed by atoms with Gasteiger partial charge in [0.2, 0.25) is 11.9 Å². The van der Waals surface area contributed by atoms with E-state index in [1.807, 2.05) is 25.4 Å². The fourth-order valence-electron chi connectivity index (χ4n) is 3.44. The molecule has 35 heavy (non-hydrogen) atoms. The Kier molecular flexibility index (Phi) is 6.51. The number of hydrogen-bond acceptors (Lipinski definition) is 6. The predicted molar refractivity (Wildman–Crippen MR) is 127 cm³/mol. The van der Waals surface area contributed by atoms with Gasteiger partial charge in [-0.3, -0.25) is 9.48 Å². The molecule has 0 atom stereocenters. The van der Waals surface area contributed by atoms with Gasteiger partial charge in [0, 0.05) is 49.4 Å². The highest BCUT2D eigenvalue weighted by Gasteiger charge is 2.28. The summed E-state index contributed by atoms with van der Waals surface area (Å²) in [5.41, 5.74) is 2.87. The lowest BCUT2D eigenvalue weighted by atomic mass is 10.0. The van der Waals surface area contributed by atoms with Crippen molar-refractivity contribution in [1.29, 1.82) is 5.26 Å². The fraction of sp³-hybridized carbons (Fsp3) is 0.160. The zero-order chi connectivity index (χ0) is 25.0. The van der Waals surface area contributed by atoms with Gasteiger partial charge >= 0.3 is 0 Å². The van der Waals surface area contributed by atoms with Gasteiger partial charge in [0.15, 0.2) is 0 Å². The number of nitrogens with zero attached hydrogens (tertiary/aromatic N) is 5. The van der Waals surface area contributed by atoms with Crippen molar-refractivity contribution in [3.8, 4) is 17.2 Å². The highest BCUT2D eigenvalue weighted by molar-refractivity contribution is 5.92. The maximum atomic E-state index is 13.8. The first-order valence-corrected chi connectivity index (χ1v) is 10.6. The summed E-state index contributed by atoms with van der Waals surface area (Å²) in [7, 11) is 1.82. The summed E-state index contributed by atoms with van der Waals surface area (Å²) < 4.78 is 29.2. The zero-order valence-corrected chi connectivity index (χ0v) is 19.0. The molecule has 0 saturated carbocycles. The van der Waals surface area contributed by atoms with E-state index in [1.54, 1.807) is 41.5 Å². The van der Waals surface area contributed by atoms with Crippen molar-refractivity contribution in [2.45, 2.75) is 19.3 Å². The molecule has 4 rings (SSSR count). The van der Waals surface area contributed by atoms with E-state index < -0.39 is 11.5 Å². The first-order valence-electron chi connectivity index (χ1n) is 10.6. The predicted octanol–water partition coefficient (Wildman–Crippen LogP) is 4.79. The maximum Gasteiger partial charge on any atom is 0.271 e. The molecule has 0 aliphatic rings. The van der Waals surface area contributed by atoms with Crippen LogP contribution in [0.5, 0.6) is 0 Å². The first-order chi connectivity index (χ1) is 16.7. The number of nitriles is 1. The Morgan fingerprint density at radius 1 is 1.06 bits per heavy atom. The molecule has 2 aromatic carbocycles. The molecule has 176 valence electrons. The number of anilines is 3. The molecule has 2 N–H and O–H groups in total. The minimum absolute atomic E-state index is 0.0581. The number of amides is 1. The van der Waals surface area contributed by atoms with E-state index in [-0.39, 0.29) is 23.6 Å². The second-order valence-corrected chi connectivity index (χ2v) is 8.01. The van der Waals surface area contributed by atoms with Crippen LogP contribution in [0.3, 0.4) is 0 Å². The van der Waals surface area contributed by atoms with Crippen LogP contribution in [0, 0.1) is 11.3 Å². The summed E-state index contributed by atoms with van der Waals surface area (Å²) in [6.45, 7) is 0.714. The molecular weight excluding hydrogens is 452 g/mol. The van der Waals surface area contributed by atoms with Gasteiger partial charge in [0.1, 0.15) is 0 Å². The van der Waals surface area contributed by atoms with Gasteiger partial charge in [-0.05, 0) is 29.3 Å². The van der Waals surface area contributed by atoms with E-state index in [0.717, 1.165) is 28.4 Å². The smallest absolute Gasteiger partial charge is 0.271 e. The van der Waals surface area contributed by atoms with Crippen molar-refractivity contribution >= 4 is 23.2 Å². The third-order valence-electron chi connectivity index (χ3n) is 5.16. The highest BCUT2D eigenvalue weighted by atomic mass is 19.3. The molecule has 2 heterocycles. The quantitative estimate of drug-likeness (QED) is 0.400. The molecule has 0 spiro atoms. The molecule has 1 amide bonds. The SMILES string of the molecule is Cn1cc(Nc2ncc(-c3ccc(CC(=O)Nc4ccc(C#N)c(C(C)(F)F)c4)cc3)cn2)cn1. The summed E-state index contributed by atoms with van der Waals surface area (Å²) in [6.07, 6.45) is 6.93. The van der Waals surface area contributed by atoms with Crippen molar-refractivity contribution in [3.05, 3.63) is 83.9 Å². The van der Waals surface area contributed by atoms with Crippen molar-refractivity contribution in [1.82, 2.24) is 19.7 Å². The van der Waals surface area contributed by atoms with Crippen LogP contribution in [0.2, 0.25) is 0 Å². The lowest BCUT2D eigenvalue weighted by Gasteiger charge is -2.14. The monoisotopic (exact) mass is 473 g/mol. The summed E-state index contributed by atoms with van der Waals surface area (Å²) >= 11 is 0. The average Bonchev–Trinajstić information content (AvgIpc) is 3.24. The van der Waals surface area contributed by atoms with Crippen LogP contribution >= 0.6 is 0 Å². The Hall–Kier alpha value is -4.65. The van der Waals surface area contributed by atoms with Gasteiger partial charge in [-0.2, -0.15) is 10.4 Å². The third-order valence-corrected chi connectivity index (χ3v) is 5.16. The van der Waals surface area contributed by atoms with E-state index in [4.69, 9.17) is 5.26 Å². The van der Waals surface area contributed by atoms with Crippen LogP contribution in [-0.2, 0) is 24.2 Å². The number of carbonyl (C=O) groups excluding carboxylic acids is 1. The van der Waals surface area contributed by atoms with E-state index in [2.05, 4.69) is 25.7 Å². The van der Waals surface area contributed by atoms with Crippen LogP contribution < -0.4 is 10.6 Å². The molecule has 2 aromatic heterocycles. The summed E-state index contributed by atoms with van der Waals surface area (Å²) in [6, 6.07) is 12.9. The standard InChI is InChI=1S/C25H21F2N7O/c1-25(26,27)22-10-20(8-7-18(22)11-28)32-23(35)9-16-3-5-17(6-4-16)19-12-29-24(30-13-19)33-21-14-31-34(2)15-21/h3-8,10,12-15H,9H2,1-2H3,(H,32,35)(H,29,30,33). The summed E-state index contributed by atoms with van der Waals surface area (Å²) in [4.78, 5) is 21.1. The second-order valence-electron chi connectivity index (χ2n) is 8.01. The van der Waals surface area contributed by atoms with Crippen LogP contribution in [0.1, 0.15) is 23.6 Å². The van der Waals surface area contributed by atoms with Gasteiger partial charge in [-0.25, -0.2) is 18.7 Å². The van der Waals surface area contributed by atoms with Crippen molar-refractivity contribution < 1.29 is 13.6 Å². The summed E-state index contributed by atoms with van der Waals surface area (Å²) in [5.74, 6) is -3.11. The number of hydrogen-bond donors (Lipinski definition) is 2. The third kappa shape index (κ3) is 5.83. The van der Waals surface area contributed by atoms with E-state index in [9.17, 15) is 13.6 Å². The van der Waals surface area contributed by atoms with Crippen LogP contribution in [0.4, 0.5) is 26.1 Å². The van der Waals surface area contributed by atoms with Crippen molar-refractivity contribution in [3.63, 3.8) is 0 Å². The number of nitrogens with one attached hydrogen (secondary N) is 2. The van der Waals surface area contributed by atoms with Crippen LogP contribution in [0.15, 0.2) is 67.3 Å². The van der Waals surface area contributed by atoms with Gasteiger partial charge in [-0.15, -0.1) is 0 Å². The lowest BCUT2D eigenvalue weighted by Crippen LogP contribution is -2.16. The number of benzene rings is 2. The molecule has 0 fully saturated rings. The molecule has 0 aliphatic heterocycles. The van der Waals surface area contributed by atoms with Gasteiger partial charge in [0.25, 0.3) is 5.92 Å². The van der Waals surface area contributed by atoms with Gasteiger partial charge < -0.3 is 10.6 Å². The molecule has 4 aromatic rings. The number of carbonyl (C=O) groups is 1. The Morgan fingerprint density at radius 3 is 2.37 bits per heavy atom. The molecule has 0 saturated heterocycles. The molecular formula is C25H21F2N7O. The number of rotatable bonds is 7. The number of aromatic nitrogens is 4. The van der Waals surface area contributed by atoms with E-state index >= 15 is 0 Å². The minimum atomic E-state index is -3.20. The Bertz CT molecular complexity index is 1390. The Labute approximate surface area is 200 Å². The minimum Gasteiger partial charge on any atom is -0.326 e. The molecule has 0 aliphatic carbocycles. The van der Waals surface area contributed by atoms with Gasteiger partial charge in [-0.1, -0.05) is 24.3 Å². The second kappa shape index (κ2) is 9.69. The summed E-state index contributed by atoms with van der Waals surface area (Å²) in [5, 5.41) is 18.8. The Balaban J connectivity index is 1.38. The average molecular weight is 473 g/mol. The van der Waals surface area contributed by atoms with Crippen molar-refractivity contribution in [2.75, 3.05) is 10.6 Å². The van der Waals surface area contributed by atoms with Crippen molar-refractivity contribution in [2.24, 2.45) is 7.05 Å². The van der Waals surface area contributed by atoms with E-state index in [1.165, 1.54) is 12.1 Å². The topological polar surface area (TPSA) is 109 Å². The number of halogens is 2. The highest BCUT2D eigenvalue weighted by Crippen LogP contribution is 2.31. The number of aryl methyl sites for hydroxylation is 1. The Morgan fingerprint density at radius 2 is 1.77 bits per heavy atom. The largest absolute Gasteiger partial charge is 0.326 e. The van der Waals surface area contributed by atoms with Crippen LogP contribution in [0.25, 0.3) is 11.1 Å². The molecule has 0 bridgehead atoms. The zero-order valence-electron chi connectivity index (χ0n) is 19.0. The number of alkyl halides is 2. The molecule has 0 radical (unpaired) electrons. The fourth-order valence-corrected chi connectivity index (χ4v) is 3.44. The molecule has 8 nitrogen and oxygen atoms in total. The van der Waals surface area contributed by atoms with Crippen LogP contribution in [-0.4, -0.2) is 25.7 Å². The molecule has 0 unspecified atom stereocenters. The normalized spacial score (nSPS) is 11.1.